The van der Waals surface area contributed by atoms with Gasteiger partial charge in [-0.3, -0.25) is 5.32 Å². The third-order valence-electron chi connectivity index (χ3n) is 2.82. The van der Waals surface area contributed by atoms with E-state index in [-0.39, 0.29) is 0 Å². The molecule has 4 heteroatoms. The Bertz CT molecular complexity index is 504. The molecule has 0 saturated heterocycles. The zero-order chi connectivity index (χ0) is 11.0. The number of ether oxygens (including phenoxy) is 1. The highest BCUT2D eigenvalue weighted by molar-refractivity contribution is 7.13. The fourth-order valence-electron chi connectivity index (χ4n) is 1.97. The van der Waals surface area contributed by atoms with E-state index in [1.807, 2.05) is 12.1 Å². The first kappa shape index (κ1) is 9.66. The zero-order valence-electron chi connectivity index (χ0n) is 9.06. The predicted octanol–water partition coefficient (Wildman–Crippen LogP) is 2.14. The standard InChI is InChI=1S/C12H12N2OS/c1-15-10-4-2-9(3-5-10)11-8-16-12-13-6-7-14(11)12/h2-5,8H,6-7H2,1H3/p+1. The van der Waals surface area contributed by atoms with Crippen molar-refractivity contribution in [2.24, 2.45) is 0 Å². The molecule has 16 heavy (non-hydrogen) atoms. The van der Waals surface area contributed by atoms with Gasteiger partial charge in [0.05, 0.1) is 7.11 Å². The first-order chi connectivity index (χ1) is 7.88. The van der Waals surface area contributed by atoms with Gasteiger partial charge in [-0.2, -0.15) is 0 Å². The monoisotopic (exact) mass is 233 g/mol. The minimum atomic E-state index is 0.902. The van der Waals surface area contributed by atoms with Gasteiger partial charge in [-0.25, -0.2) is 4.57 Å². The zero-order valence-corrected chi connectivity index (χ0v) is 9.88. The van der Waals surface area contributed by atoms with Gasteiger partial charge in [0.2, 0.25) is 0 Å². The van der Waals surface area contributed by atoms with Gasteiger partial charge in [0.1, 0.15) is 24.5 Å². The van der Waals surface area contributed by atoms with Gasteiger partial charge < -0.3 is 4.74 Å². The number of nitrogens with zero attached hydrogens (tertiary/aromatic N) is 1. The Morgan fingerprint density at radius 3 is 2.88 bits per heavy atom. The highest BCUT2D eigenvalue weighted by Gasteiger charge is 2.23. The number of aromatic nitrogens is 1. The molecule has 0 unspecified atom stereocenters. The van der Waals surface area contributed by atoms with E-state index in [1.165, 1.54) is 16.4 Å². The van der Waals surface area contributed by atoms with Crippen LogP contribution >= 0.6 is 11.3 Å². The van der Waals surface area contributed by atoms with Crippen molar-refractivity contribution >= 4 is 16.5 Å². The highest BCUT2D eigenvalue weighted by Crippen LogP contribution is 2.26. The Morgan fingerprint density at radius 2 is 2.12 bits per heavy atom. The molecule has 2 aromatic rings. The lowest BCUT2D eigenvalue weighted by Crippen LogP contribution is -2.30. The summed E-state index contributed by atoms with van der Waals surface area (Å²) in [6.45, 7) is 2.09. The van der Waals surface area contributed by atoms with Crippen LogP contribution < -0.4 is 14.6 Å². The van der Waals surface area contributed by atoms with Crippen molar-refractivity contribution in [3.63, 3.8) is 0 Å². The van der Waals surface area contributed by atoms with Crippen LogP contribution in [0.25, 0.3) is 11.3 Å². The van der Waals surface area contributed by atoms with Crippen LogP contribution in [0.1, 0.15) is 0 Å². The van der Waals surface area contributed by atoms with E-state index in [1.54, 1.807) is 18.4 Å². The smallest absolute Gasteiger partial charge is 0.334 e. The van der Waals surface area contributed by atoms with E-state index >= 15 is 0 Å². The van der Waals surface area contributed by atoms with Gasteiger partial charge in [-0.15, -0.1) is 0 Å². The molecule has 1 aromatic carbocycles. The summed E-state index contributed by atoms with van der Waals surface area (Å²) in [5.41, 5.74) is 2.53. The third-order valence-corrected chi connectivity index (χ3v) is 3.74. The number of thiazole rings is 1. The second-order valence-electron chi connectivity index (χ2n) is 3.73. The lowest BCUT2D eigenvalue weighted by Gasteiger charge is -2.01. The summed E-state index contributed by atoms with van der Waals surface area (Å²) >= 11 is 1.76. The molecule has 3 rings (SSSR count). The number of methoxy groups -OCH3 is 1. The Labute approximate surface area is 98.3 Å². The Morgan fingerprint density at radius 1 is 1.31 bits per heavy atom. The molecule has 0 amide bonds. The number of hydrogen-bond donors (Lipinski definition) is 1. The highest BCUT2D eigenvalue weighted by atomic mass is 32.1. The largest absolute Gasteiger partial charge is 0.497 e. The van der Waals surface area contributed by atoms with E-state index in [0.29, 0.717) is 0 Å². The molecule has 82 valence electrons. The molecule has 1 N–H and O–H groups in total. The first-order valence-corrected chi connectivity index (χ1v) is 6.16. The summed E-state index contributed by atoms with van der Waals surface area (Å²) in [6.07, 6.45) is 0. The maximum atomic E-state index is 5.16. The van der Waals surface area contributed by atoms with Crippen molar-refractivity contribution in [1.29, 1.82) is 0 Å². The minimum Gasteiger partial charge on any atom is -0.497 e. The Balaban J connectivity index is 2.01. The van der Waals surface area contributed by atoms with E-state index in [9.17, 15) is 0 Å². The number of rotatable bonds is 2. The molecule has 0 saturated carbocycles. The SMILES string of the molecule is COc1ccc(-c2csc3[n+]2CCN3)cc1. The second-order valence-corrected chi connectivity index (χ2v) is 4.59. The average molecular weight is 233 g/mol. The molecule has 1 aromatic heterocycles. The third kappa shape index (κ3) is 1.46. The van der Waals surface area contributed by atoms with Crippen LogP contribution in [-0.4, -0.2) is 13.7 Å². The molecule has 0 fully saturated rings. The van der Waals surface area contributed by atoms with Crippen molar-refractivity contribution in [1.82, 2.24) is 0 Å². The molecule has 0 spiro atoms. The summed E-state index contributed by atoms with van der Waals surface area (Å²) in [5, 5.41) is 6.82. The van der Waals surface area contributed by atoms with Crippen molar-refractivity contribution in [3.8, 4) is 17.0 Å². The normalized spacial score (nSPS) is 13.3. The first-order valence-electron chi connectivity index (χ1n) is 5.28. The molecule has 1 aliphatic heterocycles. The van der Waals surface area contributed by atoms with Gasteiger partial charge in [0, 0.05) is 10.9 Å². The average Bonchev–Trinajstić information content (AvgIpc) is 2.91. The van der Waals surface area contributed by atoms with Gasteiger partial charge in [-0.05, 0) is 24.3 Å². The molecule has 0 atom stereocenters. The molecule has 3 nitrogen and oxygen atoms in total. The molecule has 0 bridgehead atoms. The van der Waals surface area contributed by atoms with Crippen LogP contribution in [0.2, 0.25) is 0 Å². The number of fused-ring (bicyclic) bond motifs is 1. The second kappa shape index (κ2) is 3.79. The number of hydrogen-bond acceptors (Lipinski definition) is 3. The summed E-state index contributed by atoms with van der Waals surface area (Å²) in [6, 6.07) is 8.21. The fourth-order valence-corrected chi connectivity index (χ4v) is 2.96. The maximum absolute atomic E-state index is 5.16. The summed E-state index contributed by atoms with van der Waals surface area (Å²) in [7, 11) is 1.69. The number of anilines is 1. The van der Waals surface area contributed by atoms with Gasteiger partial charge in [0.15, 0.2) is 0 Å². The molecule has 2 heterocycles. The van der Waals surface area contributed by atoms with E-state index in [4.69, 9.17) is 4.74 Å². The molecule has 1 aliphatic rings. The minimum absolute atomic E-state index is 0.902. The molecule has 0 radical (unpaired) electrons. The fraction of sp³-hybridized carbons (Fsp3) is 0.250. The van der Waals surface area contributed by atoms with Gasteiger partial charge >= 0.3 is 5.13 Å². The Kier molecular flexibility index (Phi) is 2.29. The van der Waals surface area contributed by atoms with Crippen LogP contribution in [0.15, 0.2) is 29.6 Å². The number of benzene rings is 1. The van der Waals surface area contributed by atoms with Crippen LogP contribution in [0, 0.1) is 0 Å². The lowest BCUT2D eigenvalue weighted by atomic mass is 10.1. The lowest BCUT2D eigenvalue weighted by molar-refractivity contribution is -0.655. The molecular formula is C12H13N2OS+. The van der Waals surface area contributed by atoms with Gasteiger partial charge in [-0.1, -0.05) is 11.3 Å². The van der Waals surface area contributed by atoms with Gasteiger partial charge in [0.25, 0.3) is 0 Å². The predicted molar refractivity (Wildman–Crippen MR) is 65.0 cm³/mol. The molecular weight excluding hydrogens is 220 g/mol. The van der Waals surface area contributed by atoms with Crippen molar-refractivity contribution in [2.75, 3.05) is 19.0 Å². The Hall–Kier alpha value is -1.55. The summed E-state index contributed by atoms with van der Waals surface area (Å²) < 4.78 is 7.49. The van der Waals surface area contributed by atoms with Crippen LogP contribution in [0.3, 0.4) is 0 Å². The maximum Gasteiger partial charge on any atom is 0.334 e. The summed E-state index contributed by atoms with van der Waals surface area (Å²) in [5.74, 6) is 0.902. The van der Waals surface area contributed by atoms with E-state index in [0.717, 1.165) is 18.8 Å². The van der Waals surface area contributed by atoms with Crippen LogP contribution in [0.5, 0.6) is 5.75 Å². The van der Waals surface area contributed by atoms with Crippen LogP contribution in [0.4, 0.5) is 5.13 Å². The van der Waals surface area contributed by atoms with Crippen molar-refractivity contribution in [2.45, 2.75) is 6.54 Å². The number of nitrogens with one attached hydrogen (secondary N) is 1. The summed E-state index contributed by atoms with van der Waals surface area (Å²) in [4.78, 5) is 0. The van der Waals surface area contributed by atoms with Crippen molar-refractivity contribution < 1.29 is 9.30 Å². The van der Waals surface area contributed by atoms with E-state index in [2.05, 4.69) is 27.4 Å². The topological polar surface area (TPSA) is 25.1 Å². The van der Waals surface area contributed by atoms with E-state index < -0.39 is 0 Å². The molecule has 0 aliphatic carbocycles. The van der Waals surface area contributed by atoms with Crippen molar-refractivity contribution in [3.05, 3.63) is 29.6 Å². The van der Waals surface area contributed by atoms with Crippen LogP contribution in [-0.2, 0) is 6.54 Å². The quantitative estimate of drug-likeness (QED) is 0.804.